The second-order valence-electron chi connectivity index (χ2n) is 4.42. The minimum absolute atomic E-state index is 0.217. The maximum Gasteiger partial charge on any atom is 0.312 e. The highest BCUT2D eigenvalue weighted by molar-refractivity contribution is 7.09. The maximum absolute atomic E-state index is 11.6. The first-order chi connectivity index (χ1) is 9.63. The molecule has 2 rings (SSSR count). The summed E-state index contributed by atoms with van der Waals surface area (Å²) in [4.78, 5) is 15.8. The number of benzene rings is 1. The van der Waals surface area contributed by atoms with E-state index in [1.165, 1.54) is 11.3 Å². The summed E-state index contributed by atoms with van der Waals surface area (Å²) in [5.41, 5.74) is 1.90. The Labute approximate surface area is 122 Å². The molecule has 2 aromatic rings. The van der Waals surface area contributed by atoms with E-state index in [0.29, 0.717) is 6.61 Å². The third-order valence-corrected chi connectivity index (χ3v) is 3.42. The SMILES string of the molecule is Cc1cccc(OCCOC(=O)Cc2csc(C)n2)c1. The van der Waals surface area contributed by atoms with Crippen LogP contribution in [0.25, 0.3) is 0 Å². The molecule has 0 bridgehead atoms. The number of aromatic nitrogens is 1. The van der Waals surface area contributed by atoms with Crippen LogP contribution in [-0.4, -0.2) is 24.2 Å². The van der Waals surface area contributed by atoms with E-state index >= 15 is 0 Å². The third kappa shape index (κ3) is 4.66. The Balaban J connectivity index is 1.67. The van der Waals surface area contributed by atoms with Crippen molar-refractivity contribution in [1.29, 1.82) is 0 Å². The average Bonchev–Trinajstić information content (AvgIpc) is 2.80. The number of hydrogen-bond acceptors (Lipinski definition) is 5. The predicted molar refractivity (Wildman–Crippen MR) is 78.2 cm³/mol. The lowest BCUT2D eigenvalue weighted by atomic mass is 10.2. The predicted octanol–water partition coefficient (Wildman–Crippen LogP) is 2.92. The zero-order valence-electron chi connectivity index (χ0n) is 11.6. The normalized spacial score (nSPS) is 10.3. The molecule has 5 heteroatoms. The molecule has 1 aromatic heterocycles. The highest BCUT2D eigenvalue weighted by Crippen LogP contribution is 2.12. The zero-order chi connectivity index (χ0) is 14.4. The van der Waals surface area contributed by atoms with Crippen LogP contribution < -0.4 is 4.74 Å². The molecule has 0 aliphatic rings. The molecule has 1 heterocycles. The molecule has 0 saturated heterocycles. The van der Waals surface area contributed by atoms with Crippen LogP contribution in [0, 0.1) is 13.8 Å². The number of aryl methyl sites for hydroxylation is 2. The monoisotopic (exact) mass is 291 g/mol. The molecule has 1 aromatic carbocycles. The molecule has 4 nitrogen and oxygen atoms in total. The summed E-state index contributed by atoms with van der Waals surface area (Å²) in [5, 5.41) is 2.83. The quantitative estimate of drug-likeness (QED) is 0.606. The molecular formula is C15H17NO3S. The number of carbonyl (C=O) groups is 1. The summed E-state index contributed by atoms with van der Waals surface area (Å²) in [6.45, 7) is 4.51. The second-order valence-corrected chi connectivity index (χ2v) is 5.48. The molecule has 0 atom stereocenters. The molecule has 0 saturated carbocycles. The first kappa shape index (κ1) is 14.5. The highest BCUT2D eigenvalue weighted by atomic mass is 32.1. The number of rotatable bonds is 6. The van der Waals surface area contributed by atoms with Gasteiger partial charge < -0.3 is 9.47 Å². The van der Waals surface area contributed by atoms with E-state index < -0.39 is 0 Å². The first-order valence-corrected chi connectivity index (χ1v) is 7.27. The molecule has 0 radical (unpaired) electrons. The van der Waals surface area contributed by atoms with Gasteiger partial charge in [-0.2, -0.15) is 0 Å². The Morgan fingerprint density at radius 1 is 1.30 bits per heavy atom. The van der Waals surface area contributed by atoms with E-state index in [1.54, 1.807) is 0 Å². The standard InChI is InChI=1S/C15H17NO3S/c1-11-4-3-5-14(8-11)18-6-7-19-15(17)9-13-10-20-12(2)16-13/h3-5,8,10H,6-7,9H2,1-2H3. The topological polar surface area (TPSA) is 48.4 Å². The van der Waals surface area contributed by atoms with Gasteiger partial charge in [-0.25, -0.2) is 4.98 Å². The molecule has 20 heavy (non-hydrogen) atoms. The van der Waals surface area contributed by atoms with Gasteiger partial charge in [0.15, 0.2) is 0 Å². The summed E-state index contributed by atoms with van der Waals surface area (Å²) in [6.07, 6.45) is 0.217. The van der Waals surface area contributed by atoms with E-state index in [0.717, 1.165) is 22.0 Å². The number of esters is 1. The van der Waals surface area contributed by atoms with Crippen molar-refractivity contribution in [3.05, 3.63) is 45.9 Å². The van der Waals surface area contributed by atoms with E-state index in [1.807, 2.05) is 43.5 Å². The molecule has 0 spiro atoms. The Kier molecular flexibility index (Phi) is 5.12. The minimum atomic E-state index is -0.275. The van der Waals surface area contributed by atoms with Crippen LogP contribution in [-0.2, 0) is 16.0 Å². The Bertz CT molecular complexity index is 580. The fraction of sp³-hybridized carbons (Fsp3) is 0.333. The maximum atomic E-state index is 11.6. The third-order valence-electron chi connectivity index (χ3n) is 2.60. The van der Waals surface area contributed by atoms with Crippen LogP contribution in [0.5, 0.6) is 5.75 Å². The van der Waals surface area contributed by atoms with Crippen LogP contribution in [0.2, 0.25) is 0 Å². The Hall–Kier alpha value is -1.88. The number of hydrogen-bond donors (Lipinski definition) is 0. The zero-order valence-corrected chi connectivity index (χ0v) is 12.4. The van der Waals surface area contributed by atoms with Crippen molar-refractivity contribution < 1.29 is 14.3 Å². The van der Waals surface area contributed by atoms with Crippen molar-refractivity contribution in [2.24, 2.45) is 0 Å². The van der Waals surface area contributed by atoms with E-state index in [4.69, 9.17) is 9.47 Å². The second kappa shape index (κ2) is 7.05. The van der Waals surface area contributed by atoms with E-state index in [9.17, 15) is 4.79 Å². The smallest absolute Gasteiger partial charge is 0.312 e. The molecule has 106 valence electrons. The average molecular weight is 291 g/mol. The number of thiazole rings is 1. The number of carbonyl (C=O) groups excluding carboxylic acids is 1. The molecule has 0 aliphatic heterocycles. The van der Waals surface area contributed by atoms with Crippen LogP contribution in [0.3, 0.4) is 0 Å². The van der Waals surface area contributed by atoms with Crippen LogP contribution in [0.1, 0.15) is 16.3 Å². The Morgan fingerprint density at radius 2 is 2.15 bits per heavy atom. The van der Waals surface area contributed by atoms with Crippen LogP contribution in [0.15, 0.2) is 29.6 Å². The molecule has 0 unspecified atom stereocenters. The van der Waals surface area contributed by atoms with Crippen LogP contribution in [0.4, 0.5) is 0 Å². The largest absolute Gasteiger partial charge is 0.490 e. The lowest BCUT2D eigenvalue weighted by Gasteiger charge is -2.07. The minimum Gasteiger partial charge on any atom is -0.490 e. The lowest BCUT2D eigenvalue weighted by molar-refractivity contribution is -0.143. The van der Waals surface area contributed by atoms with Crippen LogP contribution >= 0.6 is 11.3 Å². The van der Waals surface area contributed by atoms with E-state index in [-0.39, 0.29) is 19.0 Å². The molecule has 0 aliphatic carbocycles. The summed E-state index contributed by atoms with van der Waals surface area (Å²) in [5.74, 6) is 0.513. The van der Waals surface area contributed by atoms with Gasteiger partial charge in [-0.1, -0.05) is 12.1 Å². The Morgan fingerprint density at radius 3 is 2.85 bits per heavy atom. The lowest BCUT2D eigenvalue weighted by Crippen LogP contribution is -2.14. The van der Waals surface area contributed by atoms with Crippen molar-refractivity contribution in [2.75, 3.05) is 13.2 Å². The first-order valence-electron chi connectivity index (χ1n) is 6.39. The van der Waals surface area contributed by atoms with Gasteiger partial charge in [0.2, 0.25) is 0 Å². The van der Waals surface area contributed by atoms with Gasteiger partial charge in [0, 0.05) is 5.38 Å². The van der Waals surface area contributed by atoms with Crippen molar-refractivity contribution in [2.45, 2.75) is 20.3 Å². The summed E-state index contributed by atoms with van der Waals surface area (Å²) in [7, 11) is 0. The summed E-state index contributed by atoms with van der Waals surface area (Å²) in [6, 6.07) is 7.76. The number of ether oxygens (including phenoxy) is 2. The fourth-order valence-electron chi connectivity index (χ4n) is 1.71. The molecule has 0 amide bonds. The fourth-order valence-corrected chi connectivity index (χ4v) is 2.32. The van der Waals surface area contributed by atoms with Crippen molar-refractivity contribution in [1.82, 2.24) is 4.98 Å². The molecular weight excluding hydrogens is 274 g/mol. The van der Waals surface area contributed by atoms with Gasteiger partial charge in [-0.15, -0.1) is 11.3 Å². The summed E-state index contributed by atoms with van der Waals surface area (Å²) >= 11 is 1.53. The highest BCUT2D eigenvalue weighted by Gasteiger charge is 2.07. The molecule has 0 N–H and O–H groups in total. The van der Waals surface area contributed by atoms with Gasteiger partial charge in [0.1, 0.15) is 19.0 Å². The van der Waals surface area contributed by atoms with E-state index in [2.05, 4.69) is 4.98 Å². The van der Waals surface area contributed by atoms with Gasteiger partial charge in [-0.3, -0.25) is 4.79 Å². The van der Waals surface area contributed by atoms with Crippen molar-refractivity contribution in [3.63, 3.8) is 0 Å². The van der Waals surface area contributed by atoms with Gasteiger partial charge >= 0.3 is 5.97 Å². The van der Waals surface area contributed by atoms with Gasteiger partial charge in [0.25, 0.3) is 0 Å². The summed E-state index contributed by atoms with van der Waals surface area (Å²) < 4.78 is 10.6. The van der Waals surface area contributed by atoms with Crippen molar-refractivity contribution >= 4 is 17.3 Å². The van der Waals surface area contributed by atoms with Gasteiger partial charge in [-0.05, 0) is 31.5 Å². The van der Waals surface area contributed by atoms with Gasteiger partial charge in [0.05, 0.1) is 17.1 Å². The molecule has 0 fully saturated rings. The number of nitrogens with zero attached hydrogens (tertiary/aromatic N) is 1. The van der Waals surface area contributed by atoms with Crippen molar-refractivity contribution in [3.8, 4) is 5.75 Å².